The fraction of sp³-hybridized carbons (Fsp3) is 0.333. The Kier molecular flexibility index (Phi) is 5.46. The first-order chi connectivity index (χ1) is 13.5. The zero-order valence-electron chi connectivity index (χ0n) is 15.8. The van der Waals surface area contributed by atoms with Crippen LogP contribution in [-0.4, -0.2) is 26.9 Å². The predicted molar refractivity (Wildman–Crippen MR) is 114 cm³/mol. The number of amides is 1. The summed E-state index contributed by atoms with van der Waals surface area (Å²) in [5.74, 6) is -0.0786. The Morgan fingerprint density at radius 3 is 2.64 bits per heavy atom. The van der Waals surface area contributed by atoms with Gasteiger partial charge in [0, 0.05) is 28.4 Å². The van der Waals surface area contributed by atoms with E-state index in [1.165, 1.54) is 42.0 Å². The second-order valence-electron chi connectivity index (χ2n) is 6.95. The van der Waals surface area contributed by atoms with Crippen molar-refractivity contribution in [3.05, 3.63) is 46.6 Å². The predicted octanol–water partition coefficient (Wildman–Crippen LogP) is 4.89. The van der Waals surface area contributed by atoms with Crippen LogP contribution in [0.3, 0.4) is 0 Å². The molecule has 2 heterocycles. The minimum Gasteiger partial charge on any atom is -0.326 e. The summed E-state index contributed by atoms with van der Waals surface area (Å²) in [6, 6.07) is 7.02. The molecule has 28 heavy (non-hydrogen) atoms. The third-order valence-electron chi connectivity index (χ3n) is 4.86. The van der Waals surface area contributed by atoms with Crippen LogP contribution < -0.4 is 5.32 Å². The largest absolute Gasteiger partial charge is 0.326 e. The van der Waals surface area contributed by atoms with Gasteiger partial charge < -0.3 is 5.32 Å². The molecule has 0 radical (unpaired) electrons. The monoisotopic (exact) mass is 411 g/mol. The lowest BCUT2D eigenvalue weighted by molar-refractivity contribution is -0.114. The average molecular weight is 412 g/mol. The van der Waals surface area contributed by atoms with Crippen LogP contribution >= 0.6 is 23.1 Å². The van der Waals surface area contributed by atoms with Gasteiger partial charge in [-0.1, -0.05) is 11.8 Å². The van der Waals surface area contributed by atoms with Crippen LogP contribution in [0.2, 0.25) is 0 Å². The number of fused-ring (bicyclic) bond motifs is 3. The van der Waals surface area contributed by atoms with E-state index in [2.05, 4.69) is 15.3 Å². The molecule has 0 saturated heterocycles. The normalized spacial score (nSPS) is 14.5. The van der Waals surface area contributed by atoms with E-state index in [1.807, 2.05) is 6.92 Å². The standard InChI is InChI=1S/C21H21N3O2S2/c1-12(19(26)14-7-9-15(10-8-14)24-13(2)25)27-20-18-16-5-3-4-6-17(16)28-21(18)23-11-22-20/h7-12H,3-6H2,1-2H3,(H,24,25). The smallest absolute Gasteiger partial charge is 0.221 e. The van der Waals surface area contributed by atoms with Gasteiger partial charge in [0.25, 0.3) is 0 Å². The molecule has 2 aromatic heterocycles. The summed E-state index contributed by atoms with van der Waals surface area (Å²) < 4.78 is 0. The van der Waals surface area contributed by atoms with Gasteiger partial charge >= 0.3 is 0 Å². The molecule has 1 unspecified atom stereocenters. The molecule has 1 N–H and O–H groups in total. The Morgan fingerprint density at radius 1 is 1.14 bits per heavy atom. The third kappa shape index (κ3) is 3.82. The fourth-order valence-corrected chi connectivity index (χ4v) is 5.84. The topological polar surface area (TPSA) is 72.0 Å². The number of hydrogen-bond acceptors (Lipinski definition) is 6. The molecule has 5 nitrogen and oxygen atoms in total. The van der Waals surface area contributed by atoms with Crippen LogP contribution in [0, 0.1) is 0 Å². The van der Waals surface area contributed by atoms with Crippen LogP contribution in [0.25, 0.3) is 10.2 Å². The molecule has 1 aliphatic rings. The zero-order valence-corrected chi connectivity index (χ0v) is 17.5. The quantitative estimate of drug-likeness (QED) is 0.368. The Labute approximate surface area is 172 Å². The van der Waals surface area contributed by atoms with Gasteiger partial charge in [-0.15, -0.1) is 11.3 Å². The van der Waals surface area contributed by atoms with Crippen molar-refractivity contribution in [2.24, 2.45) is 0 Å². The maximum absolute atomic E-state index is 12.9. The van der Waals surface area contributed by atoms with Gasteiger partial charge in [-0.2, -0.15) is 0 Å². The van der Waals surface area contributed by atoms with Gasteiger partial charge in [-0.05, 0) is 62.4 Å². The second-order valence-corrected chi connectivity index (χ2v) is 9.37. The molecule has 0 bridgehead atoms. The van der Waals surface area contributed by atoms with Crippen LogP contribution in [0.15, 0.2) is 35.6 Å². The number of carbonyl (C=O) groups is 2. The van der Waals surface area contributed by atoms with Crippen molar-refractivity contribution in [1.29, 1.82) is 0 Å². The summed E-state index contributed by atoms with van der Waals surface area (Å²) in [5.41, 5.74) is 2.70. The Hall–Kier alpha value is -2.25. The Bertz CT molecular complexity index is 1040. The lowest BCUT2D eigenvalue weighted by Crippen LogP contribution is -2.14. The first-order valence-electron chi connectivity index (χ1n) is 9.36. The van der Waals surface area contributed by atoms with Gasteiger partial charge in [0.15, 0.2) is 5.78 Å². The summed E-state index contributed by atoms with van der Waals surface area (Å²) in [6.45, 7) is 3.38. The number of anilines is 1. The molecular weight excluding hydrogens is 390 g/mol. The molecule has 7 heteroatoms. The van der Waals surface area contributed by atoms with Crippen molar-refractivity contribution in [2.45, 2.75) is 49.8 Å². The number of rotatable bonds is 5. The number of nitrogens with one attached hydrogen (secondary N) is 1. The van der Waals surface area contributed by atoms with Crippen molar-refractivity contribution in [3.8, 4) is 0 Å². The molecule has 1 amide bonds. The number of carbonyl (C=O) groups excluding carboxylic acids is 2. The molecule has 3 aromatic rings. The number of aryl methyl sites for hydroxylation is 2. The van der Waals surface area contributed by atoms with Crippen LogP contribution in [0.5, 0.6) is 0 Å². The Balaban J connectivity index is 1.56. The highest BCUT2D eigenvalue weighted by atomic mass is 32.2. The molecule has 1 atom stereocenters. The highest BCUT2D eigenvalue weighted by molar-refractivity contribution is 8.00. The summed E-state index contributed by atoms with van der Waals surface area (Å²) >= 11 is 3.27. The lowest BCUT2D eigenvalue weighted by atomic mass is 9.97. The van der Waals surface area contributed by atoms with Gasteiger partial charge in [0.1, 0.15) is 16.2 Å². The van der Waals surface area contributed by atoms with Crippen molar-refractivity contribution >= 4 is 50.7 Å². The third-order valence-corrected chi connectivity index (χ3v) is 7.16. The van der Waals surface area contributed by atoms with E-state index >= 15 is 0 Å². The molecule has 1 aliphatic carbocycles. The van der Waals surface area contributed by atoms with E-state index in [1.54, 1.807) is 41.9 Å². The molecule has 0 aliphatic heterocycles. The van der Waals surface area contributed by atoms with Crippen molar-refractivity contribution in [2.75, 3.05) is 5.32 Å². The first-order valence-corrected chi connectivity index (χ1v) is 11.1. The molecule has 0 fully saturated rings. The van der Waals surface area contributed by atoms with Gasteiger partial charge in [-0.25, -0.2) is 9.97 Å². The molecule has 4 rings (SSSR count). The number of hydrogen-bond donors (Lipinski definition) is 1. The van der Waals surface area contributed by atoms with Crippen LogP contribution in [0.1, 0.15) is 47.5 Å². The summed E-state index contributed by atoms with van der Waals surface area (Å²) in [4.78, 5) is 35.5. The highest BCUT2D eigenvalue weighted by Gasteiger charge is 2.23. The van der Waals surface area contributed by atoms with E-state index in [9.17, 15) is 9.59 Å². The van der Waals surface area contributed by atoms with Crippen molar-refractivity contribution < 1.29 is 9.59 Å². The minimum atomic E-state index is -0.260. The van der Waals surface area contributed by atoms with Gasteiger partial charge in [0.05, 0.1) is 5.25 Å². The molecular formula is C21H21N3O2S2. The number of aromatic nitrogens is 2. The molecule has 1 aromatic carbocycles. The number of ketones is 1. The SMILES string of the molecule is CC(=O)Nc1ccc(C(=O)C(C)Sc2ncnc3sc4c(c23)CCCC4)cc1. The Morgan fingerprint density at radius 2 is 1.89 bits per heavy atom. The maximum atomic E-state index is 12.9. The highest BCUT2D eigenvalue weighted by Crippen LogP contribution is 2.40. The van der Waals surface area contributed by atoms with E-state index in [0.717, 1.165) is 28.1 Å². The maximum Gasteiger partial charge on any atom is 0.221 e. The van der Waals surface area contributed by atoms with Crippen molar-refractivity contribution in [3.63, 3.8) is 0 Å². The summed E-state index contributed by atoms with van der Waals surface area (Å²) in [5, 5.41) is 4.50. The fourth-order valence-electron chi connectivity index (χ4n) is 3.53. The summed E-state index contributed by atoms with van der Waals surface area (Å²) in [6.07, 6.45) is 6.23. The molecule has 0 saturated carbocycles. The summed E-state index contributed by atoms with van der Waals surface area (Å²) in [7, 11) is 0. The average Bonchev–Trinajstić information content (AvgIpc) is 3.07. The first kappa shape index (κ1) is 19.1. The number of nitrogens with zero attached hydrogens (tertiary/aromatic N) is 2. The van der Waals surface area contributed by atoms with Gasteiger partial charge in [0.2, 0.25) is 5.91 Å². The van der Waals surface area contributed by atoms with Crippen molar-refractivity contribution in [1.82, 2.24) is 9.97 Å². The number of thioether (sulfide) groups is 1. The minimum absolute atomic E-state index is 0.0511. The van der Waals surface area contributed by atoms with E-state index in [0.29, 0.717) is 11.3 Å². The second kappa shape index (κ2) is 8.01. The van der Waals surface area contributed by atoms with Crippen LogP contribution in [0.4, 0.5) is 5.69 Å². The number of Topliss-reactive ketones (excluding diaryl/α,β-unsaturated/α-hetero) is 1. The van der Waals surface area contributed by atoms with Gasteiger partial charge in [-0.3, -0.25) is 9.59 Å². The van der Waals surface area contributed by atoms with E-state index in [4.69, 9.17) is 0 Å². The molecule has 0 spiro atoms. The zero-order chi connectivity index (χ0) is 19.7. The van der Waals surface area contributed by atoms with E-state index in [-0.39, 0.29) is 16.9 Å². The molecule has 144 valence electrons. The number of benzene rings is 1. The van der Waals surface area contributed by atoms with E-state index < -0.39 is 0 Å². The number of thiophene rings is 1. The van der Waals surface area contributed by atoms with Crippen LogP contribution in [-0.2, 0) is 17.6 Å². The lowest BCUT2D eigenvalue weighted by Gasteiger charge is -2.13.